The normalized spacial score (nSPS) is 12.0. The van der Waals surface area contributed by atoms with E-state index >= 15 is 0 Å². The first-order chi connectivity index (χ1) is 5.52. The average molecular weight is 242 g/mol. The Balaban J connectivity index is 0.00000144. The van der Waals surface area contributed by atoms with Crippen LogP contribution in [0.1, 0.15) is 5.56 Å². The third-order valence-electron chi connectivity index (χ3n) is 1.36. The molecule has 0 saturated carbocycles. The maximum Gasteiger partial charge on any atom is 0.345 e. The summed E-state index contributed by atoms with van der Waals surface area (Å²) in [5, 5.41) is 0.427. The number of aromatic nitrogens is 2. The fraction of sp³-hybridized carbons (Fsp3) is 0.333. The van der Waals surface area contributed by atoms with Gasteiger partial charge in [-0.2, -0.15) is 9.97 Å². The third kappa shape index (κ3) is 2.87. The lowest BCUT2D eigenvalue weighted by atomic mass is 10.4. The maximum atomic E-state index is 10.9. The van der Waals surface area contributed by atoms with Gasteiger partial charge in [0.1, 0.15) is 17.2 Å². The van der Waals surface area contributed by atoms with Gasteiger partial charge >= 0.3 is 5.16 Å². The highest BCUT2D eigenvalue weighted by atomic mass is 35.5. The minimum absolute atomic E-state index is 0. The summed E-state index contributed by atoms with van der Waals surface area (Å²) in [5.41, 5.74) is 6.11. The third-order valence-corrected chi connectivity index (χ3v) is 2.43. The van der Waals surface area contributed by atoms with Crippen LogP contribution < -0.4 is 5.73 Å². The summed E-state index contributed by atoms with van der Waals surface area (Å²) in [4.78, 5) is 7.62. The number of halogens is 2. The molecule has 0 radical (unpaired) electrons. The van der Waals surface area contributed by atoms with Crippen molar-refractivity contribution in [2.45, 2.75) is 12.1 Å². The lowest BCUT2D eigenvalue weighted by Gasteiger charge is -2.05. The SMILES string of the molecule is Cc1c(N)nc([S+](C)[O-])nc1Cl.Cl. The smallest absolute Gasteiger partial charge is 0.345 e. The van der Waals surface area contributed by atoms with Crippen LogP contribution in [0.5, 0.6) is 0 Å². The first-order valence-corrected chi connectivity index (χ1v) is 5.09. The van der Waals surface area contributed by atoms with Gasteiger partial charge in [-0.05, 0) is 6.92 Å². The van der Waals surface area contributed by atoms with Crippen molar-refractivity contribution in [1.82, 2.24) is 9.97 Å². The highest BCUT2D eigenvalue weighted by molar-refractivity contribution is 7.90. The number of anilines is 1. The Kier molecular flexibility index (Phi) is 4.77. The van der Waals surface area contributed by atoms with Crippen molar-refractivity contribution in [3.63, 3.8) is 0 Å². The van der Waals surface area contributed by atoms with Crippen molar-refractivity contribution in [1.29, 1.82) is 0 Å². The Bertz CT molecular complexity index is 285. The largest absolute Gasteiger partial charge is 0.609 e. The molecule has 0 amide bonds. The van der Waals surface area contributed by atoms with Crippen LogP contribution in [0.4, 0.5) is 5.82 Å². The van der Waals surface area contributed by atoms with Crippen molar-refractivity contribution in [2.75, 3.05) is 12.0 Å². The summed E-state index contributed by atoms with van der Waals surface area (Å²) in [7, 11) is 0. The summed E-state index contributed by atoms with van der Waals surface area (Å²) in [6.07, 6.45) is 1.47. The number of hydrogen-bond donors (Lipinski definition) is 1. The monoisotopic (exact) mass is 241 g/mol. The van der Waals surface area contributed by atoms with Gasteiger partial charge in [-0.15, -0.1) is 12.4 Å². The topological polar surface area (TPSA) is 74.9 Å². The molecule has 1 aromatic heterocycles. The quantitative estimate of drug-likeness (QED) is 0.456. The molecule has 0 saturated heterocycles. The summed E-state index contributed by atoms with van der Waals surface area (Å²) >= 11 is 4.45. The van der Waals surface area contributed by atoms with Crippen LogP contribution in [-0.2, 0) is 11.2 Å². The van der Waals surface area contributed by atoms with E-state index in [0.717, 1.165) is 0 Å². The van der Waals surface area contributed by atoms with Gasteiger partial charge in [0.05, 0.1) is 0 Å². The summed E-state index contributed by atoms with van der Waals surface area (Å²) in [6, 6.07) is 0. The number of nitrogens with zero attached hydrogens (tertiary/aromatic N) is 2. The van der Waals surface area contributed by atoms with E-state index in [2.05, 4.69) is 9.97 Å². The van der Waals surface area contributed by atoms with Crippen LogP contribution in [0.25, 0.3) is 0 Å². The highest BCUT2D eigenvalue weighted by Gasteiger charge is 2.13. The minimum atomic E-state index is -1.24. The van der Waals surface area contributed by atoms with Crippen molar-refractivity contribution in [3.8, 4) is 0 Å². The minimum Gasteiger partial charge on any atom is -0.609 e. The molecule has 0 aliphatic carbocycles. The molecule has 7 heteroatoms. The predicted molar refractivity (Wildman–Crippen MR) is 55.8 cm³/mol. The maximum absolute atomic E-state index is 10.9. The molecule has 0 aliphatic heterocycles. The van der Waals surface area contributed by atoms with E-state index in [0.29, 0.717) is 5.56 Å². The van der Waals surface area contributed by atoms with E-state index in [9.17, 15) is 4.55 Å². The van der Waals surface area contributed by atoms with Crippen LogP contribution in [0.3, 0.4) is 0 Å². The van der Waals surface area contributed by atoms with Crippen molar-refractivity contribution in [2.24, 2.45) is 0 Å². The standard InChI is InChI=1S/C6H8ClN3OS.ClH/c1-3-4(7)9-6(12(2)11)10-5(3)8;/h1-2H3,(H2,8,9,10);1H. The van der Waals surface area contributed by atoms with Gasteiger partial charge in [0.2, 0.25) is 0 Å². The molecule has 74 valence electrons. The predicted octanol–water partition coefficient (Wildman–Crippen LogP) is 1.18. The number of rotatable bonds is 1. The fourth-order valence-electron chi connectivity index (χ4n) is 0.614. The first kappa shape index (κ1) is 12.8. The molecule has 2 N–H and O–H groups in total. The lowest BCUT2D eigenvalue weighted by molar-refractivity contribution is 0.592. The Hall–Kier alpha value is -0.230. The zero-order valence-electron chi connectivity index (χ0n) is 7.07. The van der Waals surface area contributed by atoms with Gasteiger partial charge in [-0.25, -0.2) is 0 Å². The van der Waals surface area contributed by atoms with Crippen molar-refractivity contribution in [3.05, 3.63) is 10.7 Å². The van der Waals surface area contributed by atoms with Gasteiger partial charge in [0.15, 0.2) is 0 Å². The van der Waals surface area contributed by atoms with E-state index in [-0.39, 0.29) is 28.5 Å². The zero-order chi connectivity index (χ0) is 9.30. The molecular formula is C6H9Cl2N3OS. The molecule has 1 rings (SSSR count). The molecule has 0 fully saturated rings. The molecule has 13 heavy (non-hydrogen) atoms. The fourth-order valence-corrected chi connectivity index (χ4v) is 1.29. The number of nitrogen functional groups attached to an aromatic ring is 1. The Labute approximate surface area is 90.5 Å². The molecule has 1 unspecified atom stereocenters. The van der Waals surface area contributed by atoms with Gasteiger partial charge < -0.3 is 10.3 Å². The Morgan fingerprint density at radius 3 is 2.38 bits per heavy atom. The zero-order valence-corrected chi connectivity index (χ0v) is 9.46. The van der Waals surface area contributed by atoms with E-state index in [1.165, 1.54) is 6.26 Å². The van der Waals surface area contributed by atoms with E-state index in [1.807, 2.05) is 0 Å². The number of nitrogens with two attached hydrogens (primary N) is 1. The second kappa shape index (κ2) is 4.85. The second-order valence-corrected chi connectivity index (χ2v) is 3.89. The van der Waals surface area contributed by atoms with E-state index in [1.54, 1.807) is 6.92 Å². The molecule has 4 nitrogen and oxygen atoms in total. The lowest BCUT2D eigenvalue weighted by Crippen LogP contribution is -2.08. The van der Waals surface area contributed by atoms with Crippen LogP contribution in [-0.4, -0.2) is 20.8 Å². The summed E-state index contributed by atoms with van der Waals surface area (Å²) < 4.78 is 10.9. The molecule has 1 heterocycles. The van der Waals surface area contributed by atoms with Crippen LogP contribution in [0.15, 0.2) is 5.16 Å². The average Bonchev–Trinajstić information content (AvgIpc) is 1.99. The molecule has 0 spiro atoms. The van der Waals surface area contributed by atoms with Gasteiger partial charge in [-0.1, -0.05) is 11.6 Å². The molecule has 1 aromatic rings. The first-order valence-electron chi connectivity index (χ1n) is 3.15. The molecular weight excluding hydrogens is 233 g/mol. The second-order valence-electron chi connectivity index (χ2n) is 2.26. The molecule has 0 bridgehead atoms. The van der Waals surface area contributed by atoms with Crippen LogP contribution in [0.2, 0.25) is 5.15 Å². The Morgan fingerprint density at radius 2 is 2.00 bits per heavy atom. The van der Waals surface area contributed by atoms with Gasteiger partial charge in [-0.3, -0.25) is 0 Å². The van der Waals surface area contributed by atoms with E-state index in [4.69, 9.17) is 17.3 Å². The highest BCUT2D eigenvalue weighted by Crippen LogP contribution is 2.18. The van der Waals surface area contributed by atoms with Crippen LogP contribution in [0, 0.1) is 6.92 Å². The van der Waals surface area contributed by atoms with Gasteiger partial charge in [0, 0.05) is 16.7 Å². The van der Waals surface area contributed by atoms with E-state index < -0.39 is 11.2 Å². The summed E-state index contributed by atoms with van der Waals surface area (Å²) in [6.45, 7) is 1.71. The summed E-state index contributed by atoms with van der Waals surface area (Å²) in [5.74, 6) is 0.278. The Morgan fingerprint density at radius 1 is 1.46 bits per heavy atom. The van der Waals surface area contributed by atoms with Gasteiger partial charge in [0.25, 0.3) is 0 Å². The molecule has 1 atom stereocenters. The molecule has 0 aliphatic rings. The van der Waals surface area contributed by atoms with Crippen LogP contribution >= 0.6 is 24.0 Å². The van der Waals surface area contributed by atoms with Crippen molar-refractivity contribution < 1.29 is 4.55 Å². The number of hydrogen-bond acceptors (Lipinski definition) is 4. The van der Waals surface area contributed by atoms with Crippen molar-refractivity contribution >= 4 is 41.0 Å². The molecule has 0 aromatic carbocycles.